The van der Waals surface area contributed by atoms with Gasteiger partial charge >= 0.3 is 0 Å². The standard InChI is InChI=1S/C30H45FO/c1-3-5-6-7-23-8-11-24(12-9-23)27-17-18-28(29(31)20-27)25-13-15-26(16-14-25)30-19-10-22(4-2)21-32-30/h17-20,22-26H,3-16,21H2,1-2H3. The fraction of sp³-hybridized carbons (Fsp3) is 0.733. The molecule has 0 radical (unpaired) electrons. The molecule has 1 aliphatic heterocycles. The zero-order valence-corrected chi connectivity index (χ0v) is 20.6. The Bertz CT molecular complexity index is 737. The predicted octanol–water partition coefficient (Wildman–Crippen LogP) is 9.28. The average Bonchev–Trinajstić information content (AvgIpc) is 2.85. The van der Waals surface area contributed by atoms with E-state index in [0.717, 1.165) is 43.8 Å². The molecule has 178 valence electrons. The molecule has 0 bridgehead atoms. The Morgan fingerprint density at radius 1 is 0.844 bits per heavy atom. The highest BCUT2D eigenvalue weighted by Crippen LogP contribution is 2.42. The van der Waals surface area contributed by atoms with Gasteiger partial charge in [-0.05, 0) is 111 Å². The lowest BCUT2D eigenvalue weighted by Gasteiger charge is -2.33. The second kappa shape index (κ2) is 11.7. The molecule has 1 aromatic carbocycles. The Morgan fingerprint density at radius 3 is 2.19 bits per heavy atom. The third-order valence-corrected chi connectivity index (χ3v) is 8.84. The van der Waals surface area contributed by atoms with Gasteiger partial charge in [0.1, 0.15) is 5.82 Å². The van der Waals surface area contributed by atoms with Crippen molar-refractivity contribution in [3.8, 4) is 0 Å². The quantitative estimate of drug-likeness (QED) is 0.366. The molecule has 2 fully saturated rings. The summed E-state index contributed by atoms with van der Waals surface area (Å²) < 4.78 is 21.3. The van der Waals surface area contributed by atoms with E-state index >= 15 is 4.39 Å². The minimum atomic E-state index is 0.0509. The largest absolute Gasteiger partial charge is 0.498 e. The van der Waals surface area contributed by atoms with Crippen LogP contribution in [0.4, 0.5) is 4.39 Å². The summed E-state index contributed by atoms with van der Waals surface area (Å²) in [6, 6.07) is 6.27. The van der Waals surface area contributed by atoms with Gasteiger partial charge in [0.2, 0.25) is 0 Å². The highest BCUT2D eigenvalue weighted by atomic mass is 19.1. The molecule has 0 N–H and O–H groups in total. The SMILES string of the molecule is CCCCCC1CCC(c2ccc(C3CCC(C4=CCC(CC)CO4)CC3)c(F)c2)CC1. The average molecular weight is 441 g/mol. The summed E-state index contributed by atoms with van der Waals surface area (Å²) in [5.41, 5.74) is 2.21. The first kappa shape index (κ1) is 23.8. The molecule has 2 heteroatoms. The number of halogens is 1. The molecule has 1 unspecified atom stereocenters. The van der Waals surface area contributed by atoms with Crippen molar-refractivity contribution in [2.75, 3.05) is 6.61 Å². The zero-order chi connectivity index (χ0) is 22.3. The van der Waals surface area contributed by atoms with E-state index in [0.29, 0.717) is 23.7 Å². The van der Waals surface area contributed by atoms with Crippen molar-refractivity contribution in [1.29, 1.82) is 0 Å². The molecule has 0 spiro atoms. The van der Waals surface area contributed by atoms with Gasteiger partial charge in [-0.2, -0.15) is 0 Å². The highest BCUT2D eigenvalue weighted by Gasteiger charge is 2.29. The van der Waals surface area contributed by atoms with Gasteiger partial charge in [-0.15, -0.1) is 0 Å². The molecule has 0 saturated heterocycles. The molecule has 0 aromatic heterocycles. The number of rotatable bonds is 8. The first-order valence-electron chi connectivity index (χ1n) is 13.8. The maximum atomic E-state index is 15.2. The van der Waals surface area contributed by atoms with E-state index in [4.69, 9.17) is 4.74 Å². The number of allylic oxidation sites excluding steroid dienone is 2. The van der Waals surface area contributed by atoms with E-state index in [9.17, 15) is 0 Å². The number of hydrogen-bond donors (Lipinski definition) is 0. The molecule has 2 aliphatic carbocycles. The number of unbranched alkanes of at least 4 members (excludes halogenated alkanes) is 2. The van der Waals surface area contributed by atoms with E-state index in [1.165, 1.54) is 75.5 Å². The van der Waals surface area contributed by atoms with Gasteiger partial charge in [0.05, 0.1) is 12.4 Å². The first-order chi connectivity index (χ1) is 15.7. The van der Waals surface area contributed by atoms with Crippen LogP contribution in [0, 0.1) is 23.6 Å². The van der Waals surface area contributed by atoms with E-state index < -0.39 is 0 Å². The van der Waals surface area contributed by atoms with Crippen molar-refractivity contribution in [3.63, 3.8) is 0 Å². The maximum Gasteiger partial charge on any atom is 0.126 e. The lowest BCUT2D eigenvalue weighted by molar-refractivity contribution is 0.106. The Kier molecular flexibility index (Phi) is 8.72. The predicted molar refractivity (Wildman–Crippen MR) is 132 cm³/mol. The summed E-state index contributed by atoms with van der Waals surface area (Å²) in [6.45, 7) is 5.42. The number of benzene rings is 1. The summed E-state index contributed by atoms with van der Waals surface area (Å²) in [7, 11) is 0. The Labute approximate surface area is 196 Å². The van der Waals surface area contributed by atoms with Crippen LogP contribution in [-0.4, -0.2) is 6.61 Å². The minimum Gasteiger partial charge on any atom is -0.498 e. The Balaban J connectivity index is 1.28. The van der Waals surface area contributed by atoms with Gasteiger partial charge in [0, 0.05) is 5.92 Å². The van der Waals surface area contributed by atoms with Gasteiger partial charge in [0.15, 0.2) is 0 Å². The Morgan fingerprint density at radius 2 is 1.56 bits per heavy atom. The van der Waals surface area contributed by atoms with E-state index in [-0.39, 0.29) is 5.82 Å². The molecule has 1 nitrogen and oxygen atoms in total. The van der Waals surface area contributed by atoms with Crippen LogP contribution in [0.15, 0.2) is 30.0 Å². The Hall–Kier alpha value is -1.31. The van der Waals surface area contributed by atoms with Gasteiger partial charge in [-0.1, -0.05) is 51.7 Å². The summed E-state index contributed by atoms with van der Waals surface area (Å²) in [6.07, 6.45) is 19.8. The summed E-state index contributed by atoms with van der Waals surface area (Å²) in [4.78, 5) is 0. The van der Waals surface area contributed by atoms with Gasteiger partial charge in [0.25, 0.3) is 0 Å². The molecular formula is C30H45FO. The normalized spacial score (nSPS) is 31.1. The van der Waals surface area contributed by atoms with Crippen LogP contribution in [0.5, 0.6) is 0 Å². The third-order valence-electron chi connectivity index (χ3n) is 8.84. The lowest BCUT2D eigenvalue weighted by Crippen LogP contribution is -2.22. The monoisotopic (exact) mass is 440 g/mol. The summed E-state index contributed by atoms with van der Waals surface area (Å²) >= 11 is 0. The van der Waals surface area contributed by atoms with E-state index in [2.05, 4.69) is 32.1 Å². The molecular weight excluding hydrogens is 395 g/mol. The van der Waals surface area contributed by atoms with Crippen molar-refractivity contribution in [2.24, 2.45) is 17.8 Å². The fourth-order valence-corrected chi connectivity index (χ4v) is 6.48. The van der Waals surface area contributed by atoms with Gasteiger partial charge in [-0.25, -0.2) is 4.39 Å². The number of hydrogen-bond acceptors (Lipinski definition) is 1. The third kappa shape index (κ3) is 5.97. The van der Waals surface area contributed by atoms with Crippen LogP contribution in [-0.2, 0) is 4.74 Å². The van der Waals surface area contributed by atoms with Crippen molar-refractivity contribution >= 4 is 0 Å². The second-order valence-corrected chi connectivity index (χ2v) is 11.0. The first-order valence-corrected chi connectivity index (χ1v) is 13.8. The van der Waals surface area contributed by atoms with Crippen molar-refractivity contribution in [1.82, 2.24) is 0 Å². The van der Waals surface area contributed by atoms with Gasteiger partial charge in [-0.3, -0.25) is 0 Å². The smallest absolute Gasteiger partial charge is 0.126 e. The van der Waals surface area contributed by atoms with Crippen LogP contribution in [0.2, 0.25) is 0 Å². The van der Waals surface area contributed by atoms with E-state index in [1.54, 1.807) is 0 Å². The van der Waals surface area contributed by atoms with Crippen LogP contribution >= 0.6 is 0 Å². The molecule has 1 atom stereocenters. The number of ether oxygens (including phenoxy) is 1. The van der Waals surface area contributed by atoms with Crippen LogP contribution < -0.4 is 0 Å². The summed E-state index contributed by atoms with van der Waals surface area (Å²) in [5.74, 6) is 4.39. The molecule has 4 rings (SSSR count). The second-order valence-electron chi connectivity index (χ2n) is 11.0. The van der Waals surface area contributed by atoms with Gasteiger partial charge < -0.3 is 4.74 Å². The van der Waals surface area contributed by atoms with Crippen molar-refractivity contribution < 1.29 is 9.13 Å². The van der Waals surface area contributed by atoms with Crippen LogP contribution in [0.3, 0.4) is 0 Å². The molecule has 32 heavy (non-hydrogen) atoms. The zero-order valence-electron chi connectivity index (χ0n) is 20.6. The van der Waals surface area contributed by atoms with Crippen molar-refractivity contribution in [3.05, 3.63) is 47.0 Å². The molecule has 1 heterocycles. The molecule has 0 amide bonds. The molecule has 1 aromatic rings. The topological polar surface area (TPSA) is 9.23 Å². The highest BCUT2D eigenvalue weighted by molar-refractivity contribution is 5.30. The van der Waals surface area contributed by atoms with Crippen LogP contribution in [0.1, 0.15) is 127 Å². The van der Waals surface area contributed by atoms with E-state index in [1.807, 2.05) is 6.07 Å². The summed E-state index contributed by atoms with van der Waals surface area (Å²) in [5, 5.41) is 0. The molecule has 3 aliphatic rings. The molecule has 2 saturated carbocycles. The lowest BCUT2D eigenvalue weighted by atomic mass is 9.75. The van der Waals surface area contributed by atoms with Crippen LogP contribution in [0.25, 0.3) is 0 Å². The minimum absolute atomic E-state index is 0.0509. The van der Waals surface area contributed by atoms with Crippen molar-refractivity contribution in [2.45, 2.75) is 116 Å². The maximum absolute atomic E-state index is 15.2. The fourth-order valence-electron chi connectivity index (χ4n) is 6.48.